The minimum atomic E-state index is 0.149. The molecule has 0 saturated carbocycles. The van der Waals surface area contributed by atoms with Crippen molar-refractivity contribution in [3.63, 3.8) is 0 Å². The van der Waals surface area contributed by atoms with Crippen LogP contribution in [0.5, 0.6) is 0 Å². The summed E-state index contributed by atoms with van der Waals surface area (Å²) in [6, 6.07) is 5.85. The zero-order valence-corrected chi connectivity index (χ0v) is 8.91. The van der Waals surface area contributed by atoms with Crippen molar-refractivity contribution < 1.29 is 9.53 Å². The Hall–Kier alpha value is -1.15. The van der Waals surface area contributed by atoms with Crippen LogP contribution in [-0.4, -0.2) is 19.5 Å². The van der Waals surface area contributed by atoms with Crippen molar-refractivity contribution in [2.45, 2.75) is 26.4 Å². The molecule has 2 nitrogen and oxygen atoms in total. The van der Waals surface area contributed by atoms with Gasteiger partial charge in [-0.2, -0.15) is 0 Å². The van der Waals surface area contributed by atoms with Crippen LogP contribution in [0, 0.1) is 6.92 Å². The number of rotatable bonds is 4. The number of aldehydes is 1. The maximum absolute atomic E-state index is 10.8. The van der Waals surface area contributed by atoms with Crippen LogP contribution in [0.3, 0.4) is 0 Å². The van der Waals surface area contributed by atoms with Crippen LogP contribution in [0.2, 0.25) is 0 Å². The number of aryl methyl sites for hydroxylation is 1. The molecule has 76 valence electrons. The van der Waals surface area contributed by atoms with Gasteiger partial charge in [-0.25, -0.2) is 0 Å². The lowest BCUT2D eigenvalue weighted by molar-refractivity contribution is 0.111. The summed E-state index contributed by atoms with van der Waals surface area (Å²) >= 11 is 0. The third kappa shape index (κ3) is 2.67. The van der Waals surface area contributed by atoms with Crippen molar-refractivity contribution in [1.82, 2.24) is 0 Å². The lowest BCUT2D eigenvalue weighted by atomic mass is 10.0. The van der Waals surface area contributed by atoms with E-state index in [0.717, 1.165) is 23.8 Å². The first kappa shape index (κ1) is 10.9. The number of ether oxygens (including phenoxy) is 1. The van der Waals surface area contributed by atoms with Crippen molar-refractivity contribution in [3.05, 3.63) is 34.9 Å². The largest absolute Gasteiger partial charge is 0.381 e. The fourth-order valence-corrected chi connectivity index (χ4v) is 1.42. The Labute approximate surface area is 84.9 Å². The van der Waals surface area contributed by atoms with Gasteiger partial charge in [-0.1, -0.05) is 23.8 Å². The number of hydrogen-bond donors (Lipinski definition) is 0. The Kier molecular flexibility index (Phi) is 3.84. The maximum Gasteiger partial charge on any atom is 0.150 e. The first-order chi connectivity index (χ1) is 6.67. The number of hydrogen-bond acceptors (Lipinski definition) is 2. The molecule has 1 atom stereocenters. The highest BCUT2D eigenvalue weighted by Gasteiger charge is 2.06. The summed E-state index contributed by atoms with van der Waals surface area (Å²) in [5, 5.41) is 0. The van der Waals surface area contributed by atoms with E-state index >= 15 is 0 Å². The fraction of sp³-hybridized carbons (Fsp3) is 0.417. The average Bonchev–Trinajstić information content (AvgIpc) is 2.18. The molecule has 0 heterocycles. The lowest BCUT2D eigenvalue weighted by Crippen LogP contribution is -2.10. The molecule has 0 amide bonds. The zero-order chi connectivity index (χ0) is 10.6. The first-order valence-corrected chi connectivity index (χ1v) is 4.75. The van der Waals surface area contributed by atoms with E-state index in [1.807, 2.05) is 32.0 Å². The Balaban J connectivity index is 2.92. The smallest absolute Gasteiger partial charge is 0.150 e. The lowest BCUT2D eigenvalue weighted by Gasteiger charge is -2.11. The summed E-state index contributed by atoms with van der Waals surface area (Å²) in [4.78, 5) is 10.8. The van der Waals surface area contributed by atoms with Gasteiger partial charge in [0.05, 0.1) is 6.10 Å². The molecule has 1 aromatic rings. The minimum Gasteiger partial charge on any atom is -0.381 e. The Bertz CT molecular complexity index is 318. The molecule has 0 saturated heterocycles. The molecular formula is C12H16O2. The summed E-state index contributed by atoms with van der Waals surface area (Å²) in [6.45, 7) is 4.02. The van der Waals surface area contributed by atoms with Gasteiger partial charge in [0.15, 0.2) is 0 Å². The molecule has 1 unspecified atom stereocenters. The number of carbonyl (C=O) groups excluding carboxylic acids is 1. The maximum atomic E-state index is 10.8. The molecule has 14 heavy (non-hydrogen) atoms. The highest BCUT2D eigenvalue weighted by atomic mass is 16.5. The average molecular weight is 192 g/mol. The molecule has 1 aromatic carbocycles. The van der Waals surface area contributed by atoms with E-state index in [-0.39, 0.29) is 6.10 Å². The number of methoxy groups -OCH3 is 1. The summed E-state index contributed by atoms with van der Waals surface area (Å²) in [7, 11) is 1.68. The molecule has 0 aliphatic carbocycles. The molecule has 1 rings (SSSR count). The van der Waals surface area contributed by atoms with Gasteiger partial charge < -0.3 is 4.74 Å². The van der Waals surface area contributed by atoms with Crippen LogP contribution in [0.15, 0.2) is 18.2 Å². The van der Waals surface area contributed by atoms with Crippen molar-refractivity contribution in [2.24, 2.45) is 0 Å². The van der Waals surface area contributed by atoms with Crippen molar-refractivity contribution in [3.8, 4) is 0 Å². The number of benzene rings is 1. The molecule has 0 aliphatic rings. The van der Waals surface area contributed by atoms with E-state index in [1.54, 1.807) is 7.11 Å². The molecular weight excluding hydrogens is 176 g/mol. The van der Waals surface area contributed by atoms with Gasteiger partial charge in [0, 0.05) is 12.7 Å². The molecule has 0 aromatic heterocycles. The predicted octanol–water partition coefficient (Wildman–Crippen LogP) is 2.38. The van der Waals surface area contributed by atoms with E-state index in [1.165, 1.54) is 5.56 Å². The van der Waals surface area contributed by atoms with E-state index in [0.29, 0.717) is 0 Å². The fourth-order valence-electron chi connectivity index (χ4n) is 1.42. The minimum absolute atomic E-state index is 0.149. The van der Waals surface area contributed by atoms with Gasteiger partial charge in [-0.3, -0.25) is 4.79 Å². The van der Waals surface area contributed by atoms with Crippen molar-refractivity contribution in [1.29, 1.82) is 0 Å². The second kappa shape index (κ2) is 4.91. The van der Waals surface area contributed by atoms with Gasteiger partial charge in [-0.15, -0.1) is 0 Å². The Morgan fingerprint density at radius 2 is 2.21 bits per heavy atom. The summed E-state index contributed by atoms with van der Waals surface area (Å²) in [6.07, 6.45) is 1.83. The quantitative estimate of drug-likeness (QED) is 0.685. The normalized spacial score (nSPS) is 12.5. The molecule has 0 fully saturated rings. The van der Waals surface area contributed by atoms with Gasteiger partial charge in [0.1, 0.15) is 6.29 Å². The van der Waals surface area contributed by atoms with Gasteiger partial charge in [0.25, 0.3) is 0 Å². The summed E-state index contributed by atoms with van der Waals surface area (Å²) in [5.41, 5.74) is 3.00. The Morgan fingerprint density at radius 1 is 1.50 bits per heavy atom. The summed E-state index contributed by atoms with van der Waals surface area (Å²) in [5.74, 6) is 0. The zero-order valence-electron chi connectivity index (χ0n) is 8.91. The van der Waals surface area contributed by atoms with Crippen molar-refractivity contribution in [2.75, 3.05) is 7.11 Å². The topological polar surface area (TPSA) is 26.3 Å². The van der Waals surface area contributed by atoms with E-state index < -0.39 is 0 Å². The summed E-state index contributed by atoms with van der Waals surface area (Å²) < 4.78 is 5.18. The monoisotopic (exact) mass is 192 g/mol. The molecule has 0 radical (unpaired) electrons. The Morgan fingerprint density at radius 3 is 2.79 bits per heavy atom. The molecule has 0 N–H and O–H groups in total. The molecule has 2 heteroatoms. The standard InChI is InChI=1S/C12H16O2/c1-9-4-5-11(8-13)12(6-9)7-10(2)14-3/h4-6,8,10H,7H2,1-3H3. The third-order valence-electron chi connectivity index (χ3n) is 2.34. The van der Waals surface area contributed by atoms with Gasteiger partial charge in [0.2, 0.25) is 0 Å². The second-order valence-electron chi connectivity index (χ2n) is 3.57. The number of carbonyl (C=O) groups is 1. The third-order valence-corrected chi connectivity index (χ3v) is 2.34. The van der Waals surface area contributed by atoms with E-state index in [9.17, 15) is 4.79 Å². The van der Waals surface area contributed by atoms with Crippen LogP contribution < -0.4 is 0 Å². The molecule has 0 bridgehead atoms. The van der Waals surface area contributed by atoms with Crippen molar-refractivity contribution >= 4 is 6.29 Å². The van der Waals surface area contributed by atoms with Crippen LogP contribution >= 0.6 is 0 Å². The SMILES string of the molecule is COC(C)Cc1cc(C)ccc1C=O. The van der Waals surface area contributed by atoms with Crippen LogP contribution in [0.25, 0.3) is 0 Å². The molecule has 0 aliphatic heterocycles. The predicted molar refractivity (Wildman–Crippen MR) is 56.7 cm³/mol. The van der Waals surface area contributed by atoms with E-state index in [2.05, 4.69) is 0 Å². The van der Waals surface area contributed by atoms with Crippen LogP contribution in [0.4, 0.5) is 0 Å². The highest BCUT2D eigenvalue weighted by molar-refractivity contribution is 5.77. The van der Waals surface area contributed by atoms with E-state index in [4.69, 9.17) is 4.74 Å². The van der Waals surface area contributed by atoms with Gasteiger partial charge >= 0.3 is 0 Å². The van der Waals surface area contributed by atoms with Gasteiger partial charge in [-0.05, 0) is 25.8 Å². The molecule has 0 spiro atoms. The highest BCUT2D eigenvalue weighted by Crippen LogP contribution is 2.13. The second-order valence-corrected chi connectivity index (χ2v) is 3.57. The van der Waals surface area contributed by atoms with Crippen LogP contribution in [0.1, 0.15) is 28.4 Å². The van der Waals surface area contributed by atoms with Crippen LogP contribution in [-0.2, 0) is 11.2 Å². The first-order valence-electron chi connectivity index (χ1n) is 4.75.